The van der Waals surface area contributed by atoms with Crippen LogP contribution in [0.4, 0.5) is 5.69 Å². The fraction of sp³-hybridized carbons (Fsp3) is 0.378. The van der Waals surface area contributed by atoms with Gasteiger partial charge in [-0.25, -0.2) is 4.79 Å². The fourth-order valence-corrected chi connectivity index (χ4v) is 5.64. The summed E-state index contributed by atoms with van der Waals surface area (Å²) in [6, 6.07) is 14.9. The molecule has 45 heavy (non-hydrogen) atoms. The Balaban J connectivity index is 1.58. The third-order valence-electron chi connectivity index (χ3n) is 8.36. The zero-order chi connectivity index (χ0) is 32.1. The van der Waals surface area contributed by atoms with Crippen LogP contribution in [0.2, 0.25) is 0 Å². The number of ether oxygens (including phenoxy) is 3. The number of carbonyl (C=O) groups is 2. The van der Waals surface area contributed by atoms with Crippen LogP contribution in [0.15, 0.2) is 63.8 Å². The van der Waals surface area contributed by atoms with Crippen LogP contribution in [0.25, 0.3) is 11.0 Å². The Bertz CT molecular complexity index is 1760. The summed E-state index contributed by atoms with van der Waals surface area (Å²) in [5.74, 6) is 0.230. The van der Waals surface area contributed by atoms with E-state index in [1.54, 1.807) is 42.3 Å². The number of benzene rings is 3. The molecule has 236 valence electrons. The second-order valence-corrected chi connectivity index (χ2v) is 11.5. The first kappa shape index (κ1) is 31.8. The molecule has 1 atom stereocenters. The number of hydrogen-bond donors (Lipinski definition) is 0. The molecule has 0 aliphatic carbocycles. The number of fused-ring (bicyclic) bond motifs is 2. The van der Waals surface area contributed by atoms with E-state index in [1.165, 1.54) is 0 Å². The Hall–Kier alpha value is -4.59. The number of rotatable bonds is 13. The Morgan fingerprint density at radius 3 is 2.29 bits per heavy atom. The summed E-state index contributed by atoms with van der Waals surface area (Å²) in [5, 5.41) is 0.417. The van der Waals surface area contributed by atoms with Gasteiger partial charge in [-0.2, -0.15) is 0 Å². The molecule has 1 aliphatic rings. The number of carbonyl (C=O) groups excluding carboxylic acids is 2. The molecule has 1 aliphatic heterocycles. The predicted octanol–water partition coefficient (Wildman–Crippen LogP) is 8.08. The molecule has 0 saturated heterocycles. The molecule has 8 nitrogen and oxygen atoms in total. The molecule has 2 heterocycles. The number of nitrogens with zero attached hydrogens (tertiary/aromatic N) is 1. The molecule has 0 bridgehead atoms. The van der Waals surface area contributed by atoms with Gasteiger partial charge >= 0.3 is 5.97 Å². The molecular formula is C37H41NO7. The monoisotopic (exact) mass is 611 g/mol. The summed E-state index contributed by atoms with van der Waals surface area (Å²) < 4.78 is 23.3. The second kappa shape index (κ2) is 14.0. The van der Waals surface area contributed by atoms with Crippen molar-refractivity contribution < 1.29 is 28.2 Å². The van der Waals surface area contributed by atoms with Crippen LogP contribution in [0.5, 0.6) is 11.5 Å². The maximum Gasteiger partial charge on any atom is 0.338 e. The first-order valence-corrected chi connectivity index (χ1v) is 15.8. The van der Waals surface area contributed by atoms with Crippen molar-refractivity contribution in [2.24, 2.45) is 0 Å². The van der Waals surface area contributed by atoms with Crippen molar-refractivity contribution in [2.75, 3.05) is 25.2 Å². The van der Waals surface area contributed by atoms with Gasteiger partial charge in [0.25, 0.3) is 5.91 Å². The topological polar surface area (TPSA) is 95.3 Å². The molecule has 5 rings (SSSR count). The first-order chi connectivity index (χ1) is 21.8. The van der Waals surface area contributed by atoms with E-state index in [1.807, 2.05) is 45.0 Å². The quantitative estimate of drug-likeness (QED) is 0.111. The van der Waals surface area contributed by atoms with Crippen LogP contribution < -0.4 is 19.8 Å². The minimum absolute atomic E-state index is 0.000905. The number of amides is 1. The van der Waals surface area contributed by atoms with Gasteiger partial charge < -0.3 is 18.6 Å². The molecule has 1 unspecified atom stereocenters. The van der Waals surface area contributed by atoms with Crippen LogP contribution in [0.1, 0.15) is 102 Å². The van der Waals surface area contributed by atoms with Gasteiger partial charge in [0.1, 0.15) is 5.58 Å². The van der Waals surface area contributed by atoms with E-state index in [0.717, 1.165) is 49.7 Å². The molecular weight excluding hydrogens is 570 g/mol. The van der Waals surface area contributed by atoms with Gasteiger partial charge in [0.15, 0.2) is 16.9 Å². The normalized spacial score (nSPS) is 14.1. The van der Waals surface area contributed by atoms with Gasteiger partial charge in [-0.15, -0.1) is 0 Å². The predicted molar refractivity (Wildman–Crippen MR) is 175 cm³/mol. The minimum Gasteiger partial charge on any atom is -0.493 e. The average Bonchev–Trinajstić information content (AvgIpc) is 3.34. The Kier molecular flexibility index (Phi) is 9.91. The van der Waals surface area contributed by atoms with Gasteiger partial charge in [0.2, 0.25) is 5.76 Å². The maximum absolute atomic E-state index is 14.2. The van der Waals surface area contributed by atoms with Crippen molar-refractivity contribution in [2.45, 2.75) is 72.3 Å². The molecule has 4 aromatic rings. The summed E-state index contributed by atoms with van der Waals surface area (Å²) in [5.41, 5.74) is 3.82. The van der Waals surface area contributed by atoms with Crippen LogP contribution in [-0.4, -0.2) is 32.2 Å². The lowest BCUT2D eigenvalue weighted by atomic mass is 9.96. The largest absolute Gasteiger partial charge is 0.493 e. The standard InChI is InChI=1S/C37H41NO7/c1-6-8-10-11-19-43-29-17-14-26(22-31(29)42-5)33-32-34(39)28-20-23(3)24(4)21-30(28)45-35(32)36(40)38(33)27-15-12-25(13-16-27)37(41)44-18-9-7-2/h12-17,20-22,33H,6-11,18-19H2,1-5H3. The number of hydrogen-bond acceptors (Lipinski definition) is 7. The highest BCUT2D eigenvalue weighted by Crippen LogP contribution is 2.43. The van der Waals surface area contributed by atoms with Crippen molar-refractivity contribution in [3.63, 3.8) is 0 Å². The Morgan fingerprint density at radius 2 is 1.58 bits per heavy atom. The smallest absolute Gasteiger partial charge is 0.338 e. The highest BCUT2D eigenvalue weighted by Gasteiger charge is 2.44. The molecule has 1 amide bonds. The van der Waals surface area contributed by atoms with Crippen LogP contribution >= 0.6 is 0 Å². The summed E-state index contributed by atoms with van der Waals surface area (Å²) in [6.07, 6.45) is 6.03. The molecule has 0 fully saturated rings. The highest BCUT2D eigenvalue weighted by atomic mass is 16.5. The number of aryl methyl sites for hydroxylation is 2. The summed E-state index contributed by atoms with van der Waals surface area (Å²) in [7, 11) is 1.57. The zero-order valence-electron chi connectivity index (χ0n) is 26.7. The third kappa shape index (κ3) is 6.46. The van der Waals surface area contributed by atoms with Gasteiger partial charge in [0, 0.05) is 5.69 Å². The second-order valence-electron chi connectivity index (χ2n) is 11.5. The van der Waals surface area contributed by atoms with Crippen molar-refractivity contribution >= 4 is 28.5 Å². The van der Waals surface area contributed by atoms with Crippen molar-refractivity contribution in [3.8, 4) is 11.5 Å². The lowest BCUT2D eigenvalue weighted by Crippen LogP contribution is -2.29. The van der Waals surface area contributed by atoms with Gasteiger partial charge in [-0.1, -0.05) is 45.6 Å². The van der Waals surface area contributed by atoms with Gasteiger partial charge in [0.05, 0.1) is 42.9 Å². The lowest BCUT2D eigenvalue weighted by molar-refractivity contribution is 0.0499. The molecule has 3 aromatic carbocycles. The minimum atomic E-state index is -0.801. The van der Waals surface area contributed by atoms with E-state index >= 15 is 0 Å². The number of esters is 1. The van der Waals surface area contributed by atoms with E-state index in [0.29, 0.717) is 52.5 Å². The van der Waals surface area contributed by atoms with Gasteiger partial charge in [-0.3, -0.25) is 14.5 Å². The molecule has 0 radical (unpaired) electrons. The SMILES string of the molecule is CCCCCCOc1ccc(C2c3c(oc4cc(C)c(C)cc4c3=O)C(=O)N2c2ccc(C(=O)OCCCC)cc2)cc1OC. The number of anilines is 1. The van der Waals surface area contributed by atoms with E-state index < -0.39 is 17.9 Å². The van der Waals surface area contributed by atoms with Crippen molar-refractivity contribution in [3.05, 3.63) is 98.4 Å². The van der Waals surface area contributed by atoms with Crippen molar-refractivity contribution in [1.29, 1.82) is 0 Å². The average molecular weight is 612 g/mol. The van der Waals surface area contributed by atoms with E-state index in [4.69, 9.17) is 18.6 Å². The van der Waals surface area contributed by atoms with E-state index in [2.05, 4.69) is 6.92 Å². The summed E-state index contributed by atoms with van der Waals surface area (Å²) in [4.78, 5) is 42.4. The number of methoxy groups -OCH3 is 1. The summed E-state index contributed by atoms with van der Waals surface area (Å²) in [6.45, 7) is 8.98. The van der Waals surface area contributed by atoms with Crippen LogP contribution in [-0.2, 0) is 4.74 Å². The Morgan fingerprint density at radius 1 is 0.844 bits per heavy atom. The zero-order valence-corrected chi connectivity index (χ0v) is 26.7. The van der Waals surface area contributed by atoms with Gasteiger partial charge in [-0.05, 0) is 91.9 Å². The lowest BCUT2D eigenvalue weighted by Gasteiger charge is -2.26. The Labute approximate surface area is 263 Å². The first-order valence-electron chi connectivity index (χ1n) is 15.8. The third-order valence-corrected chi connectivity index (χ3v) is 8.36. The number of unbranched alkanes of at least 4 members (excludes halogenated alkanes) is 4. The highest BCUT2D eigenvalue weighted by molar-refractivity contribution is 6.11. The molecule has 0 spiro atoms. The molecule has 0 N–H and O–H groups in total. The van der Waals surface area contributed by atoms with Crippen LogP contribution in [0, 0.1) is 13.8 Å². The maximum atomic E-state index is 14.2. The van der Waals surface area contributed by atoms with Crippen molar-refractivity contribution in [1.82, 2.24) is 0 Å². The van der Waals surface area contributed by atoms with E-state index in [-0.39, 0.29) is 16.8 Å². The molecule has 1 aromatic heterocycles. The van der Waals surface area contributed by atoms with E-state index in [9.17, 15) is 14.4 Å². The molecule has 8 heteroatoms. The fourth-order valence-electron chi connectivity index (χ4n) is 5.64. The van der Waals surface area contributed by atoms with Crippen LogP contribution in [0.3, 0.4) is 0 Å². The molecule has 0 saturated carbocycles. The summed E-state index contributed by atoms with van der Waals surface area (Å²) >= 11 is 0.